The van der Waals surface area contributed by atoms with Crippen molar-refractivity contribution in [2.75, 3.05) is 31.2 Å². The highest BCUT2D eigenvalue weighted by Crippen LogP contribution is 2.32. The van der Waals surface area contributed by atoms with Gasteiger partial charge in [0.2, 0.25) is 5.91 Å². The van der Waals surface area contributed by atoms with Crippen LogP contribution in [-0.4, -0.2) is 51.3 Å². The van der Waals surface area contributed by atoms with E-state index in [0.717, 1.165) is 6.26 Å². The Bertz CT molecular complexity index is 687. The summed E-state index contributed by atoms with van der Waals surface area (Å²) >= 11 is 0. The second-order valence-corrected chi connectivity index (χ2v) is 7.98. The van der Waals surface area contributed by atoms with Gasteiger partial charge in [0.25, 0.3) is 0 Å². The molecule has 0 aliphatic carbocycles. The lowest BCUT2D eigenvalue weighted by atomic mass is 9.97. The zero-order chi connectivity index (χ0) is 18.0. The van der Waals surface area contributed by atoms with Gasteiger partial charge in [0, 0.05) is 18.5 Å². The maximum Gasteiger partial charge on any atom is 0.393 e. The quantitative estimate of drug-likeness (QED) is 0.890. The molecular formula is C15H19F3N2O3S. The van der Waals surface area contributed by atoms with E-state index in [4.69, 9.17) is 0 Å². The Labute approximate surface area is 138 Å². The minimum Gasteiger partial charge on any atom is -0.325 e. The van der Waals surface area contributed by atoms with Crippen molar-refractivity contribution >= 4 is 21.4 Å². The molecule has 1 aromatic rings. The van der Waals surface area contributed by atoms with Gasteiger partial charge in [-0.05, 0) is 43.7 Å². The Kier molecular flexibility index (Phi) is 5.54. The molecule has 1 amide bonds. The highest BCUT2D eigenvalue weighted by atomic mass is 32.2. The fourth-order valence-electron chi connectivity index (χ4n) is 2.66. The normalized spacial score (nSPS) is 19.9. The number of benzene rings is 1. The van der Waals surface area contributed by atoms with Crippen LogP contribution in [0.5, 0.6) is 0 Å². The fraction of sp³-hybridized carbons (Fsp3) is 0.533. The molecule has 0 spiro atoms. The van der Waals surface area contributed by atoms with Gasteiger partial charge in [-0.2, -0.15) is 13.2 Å². The molecule has 2 rings (SSSR count). The maximum atomic E-state index is 12.8. The van der Waals surface area contributed by atoms with Crippen molar-refractivity contribution in [1.82, 2.24) is 4.90 Å². The van der Waals surface area contributed by atoms with E-state index in [1.54, 1.807) is 0 Å². The first-order chi connectivity index (χ1) is 11.1. The van der Waals surface area contributed by atoms with Crippen molar-refractivity contribution in [3.63, 3.8) is 0 Å². The van der Waals surface area contributed by atoms with Crippen LogP contribution in [-0.2, 0) is 14.6 Å². The molecule has 24 heavy (non-hydrogen) atoms. The number of anilines is 1. The van der Waals surface area contributed by atoms with Crippen molar-refractivity contribution in [1.29, 1.82) is 0 Å². The molecule has 9 heteroatoms. The standard InChI is InChI=1S/C15H19F3N2O3S/c1-24(22,23)13-6-4-12(5-7-13)19-14(21)10-20-8-2-3-11(9-20)15(16,17)18/h4-7,11H,2-3,8-10H2,1H3,(H,19,21)/t11-/m1/s1. The molecule has 0 aromatic heterocycles. The number of carbonyl (C=O) groups excluding carboxylic acids is 1. The van der Waals surface area contributed by atoms with Crippen molar-refractivity contribution in [2.24, 2.45) is 5.92 Å². The van der Waals surface area contributed by atoms with E-state index in [0.29, 0.717) is 18.7 Å². The molecule has 0 saturated carbocycles. The number of amides is 1. The van der Waals surface area contributed by atoms with E-state index in [1.807, 2.05) is 0 Å². The van der Waals surface area contributed by atoms with E-state index < -0.39 is 27.8 Å². The molecule has 0 radical (unpaired) electrons. The number of hydrogen-bond acceptors (Lipinski definition) is 4. The summed E-state index contributed by atoms with van der Waals surface area (Å²) < 4.78 is 61.0. The summed E-state index contributed by atoms with van der Waals surface area (Å²) in [4.78, 5) is 13.6. The van der Waals surface area contributed by atoms with Gasteiger partial charge in [-0.25, -0.2) is 8.42 Å². The third-order valence-electron chi connectivity index (χ3n) is 3.90. The predicted octanol–water partition coefficient (Wildman–Crippen LogP) is 2.30. The molecule has 1 heterocycles. The van der Waals surface area contributed by atoms with Crippen molar-refractivity contribution in [3.05, 3.63) is 24.3 Å². The Hall–Kier alpha value is -1.61. The van der Waals surface area contributed by atoms with Crippen LogP contribution in [0.1, 0.15) is 12.8 Å². The van der Waals surface area contributed by atoms with Crippen molar-refractivity contribution < 1.29 is 26.4 Å². The van der Waals surface area contributed by atoms with Gasteiger partial charge in [0.15, 0.2) is 9.84 Å². The summed E-state index contributed by atoms with van der Waals surface area (Å²) in [6.07, 6.45) is -2.67. The average molecular weight is 364 g/mol. The van der Waals surface area contributed by atoms with Gasteiger partial charge >= 0.3 is 6.18 Å². The summed E-state index contributed by atoms with van der Waals surface area (Å²) in [5, 5.41) is 2.56. The Morgan fingerprint density at radius 1 is 1.29 bits per heavy atom. The summed E-state index contributed by atoms with van der Waals surface area (Å²) in [6, 6.07) is 5.63. The number of alkyl halides is 3. The summed E-state index contributed by atoms with van der Waals surface area (Å²) in [7, 11) is -3.32. The molecule has 1 aliphatic heterocycles. The molecule has 1 atom stereocenters. The molecule has 134 valence electrons. The predicted molar refractivity (Wildman–Crippen MR) is 83.4 cm³/mol. The average Bonchev–Trinajstić information content (AvgIpc) is 2.46. The van der Waals surface area contributed by atoms with E-state index in [1.165, 1.54) is 29.2 Å². The van der Waals surface area contributed by atoms with E-state index in [9.17, 15) is 26.4 Å². The molecule has 1 saturated heterocycles. The molecule has 1 N–H and O–H groups in total. The second kappa shape index (κ2) is 7.10. The first kappa shape index (κ1) is 18.7. The van der Waals surface area contributed by atoms with Crippen LogP contribution >= 0.6 is 0 Å². The van der Waals surface area contributed by atoms with Crippen LogP contribution in [0.15, 0.2) is 29.2 Å². The Morgan fingerprint density at radius 2 is 1.92 bits per heavy atom. The monoisotopic (exact) mass is 364 g/mol. The third-order valence-corrected chi connectivity index (χ3v) is 5.03. The van der Waals surface area contributed by atoms with Crippen LogP contribution in [0.2, 0.25) is 0 Å². The minimum atomic E-state index is -4.24. The molecule has 1 aliphatic rings. The number of nitrogens with zero attached hydrogens (tertiary/aromatic N) is 1. The van der Waals surface area contributed by atoms with Gasteiger partial charge in [0.1, 0.15) is 0 Å². The lowest BCUT2D eigenvalue weighted by Gasteiger charge is -2.33. The molecule has 1 fully saturated rings. The van der Waals surface area contributed by atoms with E-state index in [-0.39, 0.29) is 24.4 Å². The molecule has 1 aromatic carbocycles. The summed E-state index contributed by atoms with van der Waals surface area (Å²) in [5.74, 6) is -1.82. The lowest BCUT2D eigenvalue weighted by molar-refractivity contribution is -0.186. The summed E-state index contributed by atoms with van der Waals surface area (Å²) in [6.45, 7) is 0.150. The van der Waals surface area contributed by atoms with E-state index >= 15 is 0 Å². The number of hydrogen-bond donors (Lipinski definition) is 1. The number of nitrogens with one attached hydrogen (secondary N) is 1. The number of carbonyl (C=O) groups is 1. The van der Waals surface area contributed by atoms with Gasteiger partial charge in [-0.1, -0.05) is 0 Å². The topological polar surface area (TPSA) is 66.5 Å². The van der Waals surface area contributed by atoms with E-state index in [2.05, 4.69) is 5.32 Å². The zero-order valence-electron chi connectivity index (χ0n) is 13.1. The van der Waals surface area contributed by atoms with Crippen LogP contribution in [0, 0.1) is 5.92 Å². The maximum absolute atomic E-state index is 12.8. The molecule has 0 bridgehead atoms. The first-order valence-electron chi connectivity index (χ1n) is 7.45. The Morgan fingerprint density at radius 3 is 2.46 bits per heavy atom. The SMILES string of the molecule is CS(=O)(=O)c1ccc(NC(=O)CN2CCC[C@@H](C(F)(F)F)C2)cc1. The number of likely N-dealkylation sites (tertiary alicyclic amines) is 1. The molecular weight excluding hydrogens is 345 g/mol. The largest absolute Gasteiger partial charge is 0.393 e. The highest BCUT2D eigenvalue weighted by Gasteiger charge is 2.41. The van der Waals surface area contributed by atoms with Crippen molar-refractivity contribution in [2.45, 2.75) is 23.9 Å². The third kappa shape index (κ3) is 5.20. The van der Waals surface area contributed by atoms with Crippen LogP contribution in [0.3, 0.4) is 0 Å². The van der Waals surface area contributed by atoms with Crippen LogP contribution < -0.4 is 5.32 Å². The van der Waals surface area contributed by atoms with Crippen LogP contribution in [0.25, 0.3) is 0 Å². The smallest absolute Gasteiger partial charge is 0.325 e. The zero-order valence-corrected chi connectivity index (χ0v) is 14.0. The van der Waals surface area contributed by atoms with Gasteiger partial charge in [0.05, 0.1) is 17.4 Å². The number of sulfone groups is 1. The Balaban J connectivity index is 1.91. The first-order valence-corrected chi connectivity index (χ1v) is 9.34. The van der Waals surface area contributed by atoms with Gasteiger partial charge in [-0.15, -0.1) is 0 Å². The van der Waals surface area contributed by atoms with Crippen molar-refractivity contribution in [3.8, 4) is 0 Å². The highest BCUT2D eigenvalue weighted by molar-refractivity contribution is 7.90. The second-order valence-electron chi connectivity index (χ2n) is 5.96. The number of rotatable bonds is 4. The molecule has 5 nitrogen and oxygen atoms in total. The number of piperidine rings is 1. The number of halogens is 3. The fourth-order valence-corrected chi connectivity index (χ4v) is 3.29. The summed E-state index contributed by atoms with van der Waals surface area (Å²) in [5.41, 5.74) is 0.400. The minimum absolute atomic E-state index is 0.0918. The lowest BCUT2D eigenvalue weighted by Crippen LogP contribution is -2.44. The molecule has 0 unspecified atom stereocenters. The van der Waals surface area contributed by atoms with Crippen LogP contribution in [0.4, 0.5) is 18.9 Å². The van der Waals surface area contributed by atoms with Gasteiger partial charge < -0.3 is 5.32 Å². The van der Waals surface area contributed by atoms with Gasteiger partial charge in [-0.3, -0.25) is 9.69 Å².